The molecular weight excluding hydrogens is 279 g/mol. The van der Waals surface area contributed by atoms with Gasteiger partial charge in [0.25, 0.3) is 0 Å². The van der Waals surface area contributed by atoms with Crippen molar-refractivity contribution in [2.75, 3.05) is 13.7 Å². The molecule has 0 aromatic heterocycles. The largest absolute Gasteiger partial charge is 0.494 e. The van der Waals surface area contributed by atoms with Crippen LogP contribution >= 0.6 is 0 Å². The minimum atomic E-state index is -0.376. The van der Waals surface area contributed by atoms with E-state index in [-0.39, 0.29) is 18.3 Å². The lowest BCUT2D eigenvalue weighted by Gasteiger charge is -2.32. The Morgan fingerprint density at radius 1 is 1.09 bits per heavy atom. The Labute approximate surface area is 133 Å². The maximum absolute atomic E-state index is 6.10. The molecule has 1 aliphatic heterocycles. The fourth-order valence-electron chi connectivity index (χ4n) is 2.42. The molecule has 0 unspecified atom stereocenters. The van der Waals surface area contributed by atoms with E-state index in [4.69, 9.17) is 18.8 Å². The molecule has 1 saturated heterocycles. The molecule has 0 spiro atoms. The summed E-state index contributed by atoms with van der Waals surface area (Å²) in [6, 6.07) is 5.87. The molecule has 0 radical (unpaired) electrons. The summed E-state index contributed by atoms with van der Waals surface area (Å²) >= 11 is 0. The lowest BCUT2D eigenvalue weighted by Crippen LogP contribution is -2.41. The Balaban J connectivity index is 1.80. The third-order valence-corrected chi connectivity index (χ3v) is 4.88. The van der Waals surface area contributed by atoms with Gasteiger partial charge in [0.15, 0.2) is 11.5 Å². The van der Waals surface area contributed by atoms with Crippen molar-refractivity contribution in [3.63, 3.8) is 0 Å². The van der Waals surface area contributed by atoms with Gasteiger partial charge in [-0.2, -0.15) is 0 Å². The maximum Gasteiger partial charge on any atom is 0.494 e. The van der Waals surface area contributed by atoms with Crippen LogP contribution in [0.4, 0.5) is 0 Å². The number of ether oxygens (including phenoxy) is 2. The first kappa shape index (κ1) is 15.7. The summed E-state index contributed by atoms with van der Waals surface area (Å²) < 4.78 is 23.5. The lowest BCUT2D eigenvalue weighted by molar-refractivity contribution is 0.00578. The van der Waals surface area contributed by atoms with Crippen LogP contribution in [0.2, 0.25) is 0 Å². The predicted octanol–water partition coefficient (Wildman–Crippen LogP) is 2.78. The van der Waals surface area contributed by atoms with Gasteiger partial charge in [0.1, 0.15) is 0 Å². The van der Waals surface area contributed by atoms with Crippen molar-refractivity contribution in [3.8, 4) is 11.5 Å². The average molecular weight is 304 g/mol. The number of benzene rings is 1. The van der Waals surface area contributed by atoms with Crippen molar-refractivity contribution in [2.45, 2.75) is 51.7 Å². The van der Waals surface area contributed by atoms with E-state index in [1.54, 1.807) is 7.11 Å². The molecule has 5 heteroatoms. The highest BCUT2D eigenvalue weighted by Crippen LogP contribution is 2.37. The minimum absolute atomic E-state index is 0.341. The Kier molecular flexibility index (Phi) is 3.90. The molecule has 1 aromatic rings. The second-order valence-electron chi connectivity index (χ2n) is 7.25. The first-order valence-corrected chi connectivity index (χ1v) is 7.99. The molecule has 0 atom stereocenters. The zero-order valence-corrected chi connectivity index (χ0v) is 14.1. The van der Waals surface area contributed by atoms with Gasteiger partial charge in [-0.05, 0) is 64.1 Å². The molecule has 4 nitrogen and oxygen atoms in total. The van der Waals surface area contributed by atoms with Crippen LogP contribution in [0.15, 0.2) is 18.2 Å². The molecule has 1 heterocycles. The number of methoxy groups -OCH3 is 1. The van der Waals surface area contributed by atoms with Crippen molar-refractivity contribution in [2.24, 2.45) is 5.92 Å². The Hall–Kier alpha value is -1.20. The summed E-state index contributed by atoms with van der Waals surface area (Å²) in [5.41, 5.74) is 0.282. The van der Waals surface area contributed by atoms with Gasteiger partial charge in [0.2, 0.25) is 0 Å². The molecule has 1 aromatic carbocycles. The van der Waals surface area contributed by atoms with E-state index in [1.165, 1.54) is 12.8 Å². The van der Waals surface area contributed by atoms with Crippen LogP contribution in [-0.4, -0.2) is 32.0 Å². The molecule has 0 bridgehead atoms. The van der Waals surface area contributed by atoms with E-state index in [1.807, 2.05) is 18.2 Å². The molecule has 3 rings (SSSR count). The first-order chi connectivity index (χ1) is 10.3. The zero-order chi connectivity index (χ0) is 16.0. The molecular formula is C17H25BO4. The molecule has 22 heavy (non-hydrogen) atoms. The Morgan fingerprint density at radius 3 is 2.27 bits per heavy atom. The first-order valence-electron chi connectivity index (χ1n) is 7.99. The van der Waals surface area contributed by atoms with Gasteiger partial charge in [0.05, 0.1) is 24.9 Å². The van der Waals surface area contributed by atoms with Gasteiger partial charge in [-0.15, -0.1) is 0 Å². The van der Waals surface area contributed by atoms with Gasteiger partial charge in [0, 0.05) is 0 Å². The number of rotatable bonds is 5. The molecule has 1 saturated carbocycles. The molecule has 2 aliphatic rings. The predicted molar refractivity (Wildman–Crippen MR) is 86.9 cm³/mol. The van der Waals surface area contributed by atoms with Gasteiger partial charge in [-0.3, -0.25) is 0 Å². The zero-order valence-electron chi connectivity index (χ0n) is 14.1. The fourth-order valence-corrected chi connectivity index (χ4v) is 2.42. The third kappa shape index (κ3) is 2.97. The second-order valence-corrected chi connectivity index (χ2v) is 7.25. The number of hydrogen-bond donors (Lipinski definition) is 0. The van der Waals surface area contributed by atoms with Crippen LogP contribution in [0.1, 0.15) is 40.5 Å². The lowest BCUT2D eigenvalue weighted by atomic mass is 9.79. The van der Waals surface area contributed by atoms with Crippen molar-refractivity contribution < 1.29 is 18.8 Å². The van der Waals surface area contributed by atoms with Gasteiger partial charge in [-0.25, -0.2) is 0 Å². The highest BCUT2D eigenvalue weighted by Gasteiger charge is 2.51. The van der Waals surface area contributed by atoms with Gasteiger partial charge >= 0.3 is 7.12 Å². The van der Waals surface area contributed by atoms with Gasteiger partial charge < -0.3 is 18.8 Å². The molecule has 2 fully saturated rings. The van der Waals surface area contributed by atoms with E-state index in [0.717, 1.165) is 23.6 Å². The van der Waals surface area contributed by atoms with Crippen molar-refractivity contribution in [1.82, 2.24) is 0 Å². The van der Waals surface area contributed by atoms with Crippen molar-refractivity contribution >= 4 is 12.6 Å². The van der Waals surface area contributed by atoms with E-state index >= 15 is 0 Å². The summed E-state index contributed by atoms with van der Waals surface area (Å²) in [7, 11) is 1.28. The minimum Gasteiger partial charge on any atom is -0.493 e. The van der Waals surface area contributed by atoms with Crippen LogP contribution < -0.4 is 14.9 Å². The highest BCUT2D eigenvalue weighted by atomic mass is 16.7. The van der Waals surface area contributed by atoms with Crippen LogP contribution in [-0.2, 0) is 9.31 Å². The van der Waals surface area contributed by atoms with E-state index in [2.05, 4.69) is 27.7 Å². The van der Waals surface area contributed by atoms with Crippen LogP contribution in [0.5, 0.6) is 11.5 Å². The molecule has 120 valence electrons. The van der Waals surface area contributed by atoms with E-state index in [9.17, 15) is 0 Å². The summed E-state index contributed by atoms with van der Waals surface area (Å²) in [6.45, 7) is 8.98. The third-order valence-electron chi connectivity index (χ3n) is 4.88. The van der Waals surface area contributed by atoms with Crippen LogP contribution in [0.25, 0.3) is 0 Å². The second kappa shape index (κ2) is 5.46. The van der Waals surface area contributed by atoms with E-state index < -0.39 is 0 Å². The van der Waals surface area contributed by atoms with Crippen LogP contribution in [0.3, 0.4) is 0 Å². The fraction of sp³-hybridized carbons (Fsp3) is 0.647. The summed E-state index contributed by atoms with van der Waals surface area (Å²) in [5.74, 6) is 2.22. The normalized spacial score (nSPS) is 22.7. The smallest absolute Gasteiger partial charge is 0.493 e. The highest BCUT2D eigenvalue weighted by molar-refractivity contribution is 6.62. The summed E-state index contributed by atoms with van der Waals surface area (Å²) in [5, 5.41) is 0. The van der Waals surface area contributed by atoms with Gasteiger partial charge in [-0.1, -0.05) is 6.07 Å². The quantitative estimate of drug-likeness (QED) is 0.784. The summed E-state index contributed by atoms with van der Waals surface area (Å²) in [6.07, 6.45) is 2.53. The van der Waals surface area contributed by atoms with Crippen molar-refractivity contribution in [3.05, 3.63) is 18.2 Å². The van der Waals surface area contributed by atoms with Crippen LogP contribution in [0, 0.1) is 5.92 Å². The Bertz CT molecular complexity index is 536. The standard InChI is InChI=1S/C17H25BO4/c1-16(2)17(3,4)22-18(21-16)13-8-9-14(19-5)15(10-13)20-11-12-6-7-12/h8-10,12H,6-7,11H2,1-5H3. The monoisotopic (exact) mass is 304 g/mol. The number of hydrogen-bond acceptors (Lipinski definition) is 4. The topological polar surface area (TPSA) is 36.9 Å². The molecule has 0 amide bonds. The van der Waals surface area contributed by atoms with E-state index in [0.29, 0.717) is 5.92 Å². The summed E-state index contributed by atoms with van der Waals surface area (Å²) in [4.78, 5) is 0. The average Bonchev–Trinajstić information content (AvgIpc) is 3.24. The SMILES string of the molecule is COc1ccc(B2OC(C)(C)C(C)(C)O2)cc1OCC1CC1. The molecule has 0 N–H and O–H groups in total. The van der Waals surface area contributed by atoms with Crippen molar-refractivity contribution in [1.29, 1.82) is 0 Å². The maximum atomic E-state index is 6.10. The molecule has 1 aliphatic carbocycles. The Morgan fingerprint density at radius 2 is 1.73 bits per heavy atom.